The second kappa shape index (κ2) is 9.44. The SMILES string of the molecule is O=C1C2ON(c3ccccc3)C(c3ccccc3OS(=O)(=O)c3ccccc3)C2C(=O)N1c1ccccc1. The topological polar surface area (TPSA) is 93.2 Å². The second-order valence-electron chi connectivity index (χ2n) is 8.89. The smallest absolute Gasteiger partial charge is 0.339 e. The molecule has 4 aromatic carbocycles. The van der Waals surface area contributed by atoms with Crippen LogP contribution >= 0.6 is 0 Å². The van der Waals surface area contributed by atoms with Crippen LogP contribution in [-0.2, 0) is 24.5 Å². The highest BCUT2D eigenvalue weighted by Crippen LogP contribution is 2.49. The Labute approximate surface area is 219 Å². The fourth-order valence-corrected chi connectivity index (χ4v) is 5.89. The molecule has 0 radical (unpaired) electrons. The molecule has 4 aromatic rings. The Morgan fingerprint density at radius 2 is 1.21 bits per heavy atom. The van der Waals surface area contributed by atoms with Gasteiger partial charge in [0.05, 0.1) is 17.4 Å². The number of para-hydroxylation sites is 3. The van der Waals surface area contributed by atoms with E-state index in [1.807, 2.05) is 18.2 Å². The van der Waals surface area contributed by atoms with E-state index in [0.29, 0.717) is 16.9 Å². The van der Waals surface area contributed by atoms with Gasteiger partial charge in [-0.2, -0.15) is 8.42 Å². The zero-order valence-corrected chi connectivity index (χ0v) is 20.8. The second-order valence-corrected chi connectivity index (χ2v) is 10.4. The lowest BCUT2D eigenvalue weighted by atomic mass is 9.90. The number of fused-ring (bicyclic) bond motifs is 1. The molecule has 8 nitrogen and oxygen atoms in total. The Balaban J connectivity index is 1.45. The molecule has 0 aliphatic carbocycles. The van der Waals surface area contributed by atoms with Gasteiger partial charge in [-0.1, -0.05) is 72.8 Å². The maximum absolute atomic E-state index is 13.8. The predicted molar refractivity (Wildman–Crippen MR) is 140 cm³/mol. The Morgan fingerprint density at radius 1 is 0.658 bits per heavy atom. The first-order valence-corrected chi connectivity index (χ1v) is 13.4. The van der Waals surface area contributed by atoms with Gasteiger partial charge < -0.3 is 4.18 Å². The highest BCUT2D eigenvalue weighted by molar-refractivity contribution is 7.87. The number of carbonyl (C=O) groups is 2. The molecule has 3 atom stereocenters. The van der Waals surface area contributed by atoms with Gasteiger partial charge >= 0.3 is 10.1 Å². The van der Waals surface area contributed by atoms with Gasteiger partial charge in [0.15, 0.2) is 6.10 Å². The highest BCUT2D eigenvalue weighted by atomic mass is 32.2. The summed E-state index contributed by atoms with van der Waals surface area (Å²) in [6.45, 7) is 0. The van der Waals surface area contributed by atoms with Crippen molar-refractivity contribution in [2.24, 2.45) is 5.92 Å². The van der Waals surface area contributed by atoms with Crippen LogP contribution in [0.15, 0.2) is 120 Å². The summed E-state index contributed by atoms with van der Waals surface area (Å²) in [6, 6.07) is 31.3. The van der Waals surface area contributed by atoms with E-state index in [2.05, 4.69) is 0 Å². The van der Waals surface area contributed by atoms with Crippen LogP contribution < -0.4 is 14.1 Å². The van der Waals surface area contributed by atoms with Gasteiger partial charge in [-0.05, 0) is 42.5 Å². The fourth-order valence-electron chi connectivity index (χ4n) is 4.91. The number of carbonyl (C=O) groups excluding carboxylic acids is 2. The molecule has 2 fully saturated rings. The zero-order valence-electron chi connectivity index (χ0n) is 20.0. The Morgan fingerprint density at radius 3 is 1.87 bits per heavy atom. The molecule has 6 rings (SSSR count). The summed E-state index contributed by atoms with van der Waals surface area (Å²) in [5, 5.41) is 1.50. The van der Waals surface area contributed by atoms with Crippen LogP contribution in [0.5, 0.6) is 5.75 Å². The summed E-state index contributed by atoms with van der Waals surface area (Å²) < 4.78 is 31.8. The third-order valence-electron chi connectivity index (χ3n) is 6.61. The van der Waals surface area contributed by atoms with Gasteiger partial charge in [0, 0.05) is 5.56 Å². The van der Waals surface area contributed by atoms with Gasteiger partial charge in [-0.15, -0.1) is 0 Å². The summed E-state index contributed by atoms with van der Waals surface area (Å²) in [4.78, 5) is 34.6. The number of amides is 2. The molecule has 3 unspecified atom stereocenters. The standard InChI is InChI=1S/C29H22N2O6S/c32-28-25-26(23-18-10-11-19-24(23)37-38(34,35)22-16-8-3-9-17-22)31(21-14-6-2-7-15-21)36-27(25)29(33)30(28)20-12-4-1-5-13-20/h1-19,25-27H. The van der Waals surface area contributed by atoms with E-state index >= 15 is 0 Å². The van der Waals surface area contributed by atoms with Crippen molar-refractivity contribution >= 4 is 33.3 Å². The van der Waals surface area contributed by atoms with E-state index < -0.39 is 40.0 Å². The summed E-state index contributed by atoms with van der Waals surface area (Å²) in [5.74, 6) is -1.81. The molecule has 2 heterocycles. The normalized spacial score (nSPS) is 21.0. The van der Waals surface area contributed by atoms with Crippen molar-refractivity contribution in [3.63, 3.8) is 0 Å². The van der Waals surface area contributed by atoms with Crippen LogP contribution in [0.4, 0.5) is 11.4 Å². The Hall–Kier alpha value is -4.47. The third kappa shape index (κ3) is 4.02. The fraction of sp³-hybridized carbons (Fsp3) is 0.103. The van der Waals surface area contributed by atoms with E-state index in [0.717, 1.165) is 4.90 Å². The molecular formula is C29H22N2O6S. The number of rotatable bonds is 6. The van der Waals surface area contributed by atoms with Crippen molar-refractivity contribution < 1.29 is 27.0 Å². The van der Waals surface area contributed by atoms with Gasteiger partial charge in [0.2, 0.25) is 5.91 Å². The predicted octanol–water partition coefficient (Wildman–Crippen LogP) is 4.51. The van der Waals surface area contributed by atoms with E-state index in [4.69, 9.17) is 9.02 Å². The van der Waals surface area contributed by atoms with E-state index in [9.17, 15) is 18.0 Å². The van der Waals surface area contributed by atoms with Crippen LogP contribution in [-0.4, -0.2) is 26.3 Å². The molecular weight excluding hydrogens is 504 g/mol. The van der Waals surface area contributed by atoms with Gasteiger partial charge in [-0.3, -0.25) is 14.4 Å². The van der Waals surface area contributed by atoms with Crippen LogP contribution in [0.3, 0.4) is 0 Å². The maximum atomic E-state index is 13.8. The maximum Gasteiger partial charge on any atom is 0.339 e. The molecule has 2 saturated heterocycles. The molecule has 0 aromatic heterocycles. The third-order valence-corrected chi connectivity index (χ3v) is 7.86. The number of nitrogens with zero attached hydrogens (tertiary/aromatic N) is 2. The minimum Gasteiger partial charge on any atom is -0.379 e. The van der Waals surface area contributed by atoms with Crippen molar-refractivity contribution in [1.82, 2.24) is 0 Å². The molecule has 0 spiro atoms. The van der Waals surface area contributed by atoms with E-state index in [-0.39, 0.29) is 10.6 Å². The number of imide groups is 1. The lowest BCUT2D eigenvalue weighted by molar-refractivity contribution is -0.126. The number of benzene rings is 4. The van der Waals surface area contributed by atoms with Crippen molar-refractivity contribution in [2.75, 3.05) is 9.96 Å². The Kier molecular flexibility index (Phi) is 5.94. The van der Waals surface area contributed by atoms with Crippen molar-refractivity contribution in [2.45, 2.75) is 17.0 Å². The number of anilines is 2. The van der Waals surface area contributed by atoms with Gasteiger partial charge in [0.1, 0.15) is 16.6 Å². The molecule has 9 heteroatoms. The first-order valence-electron chi connectivity index (χ1n) is 12.0. The van der Waals surface area contributed by atoms with Crippen LogP contribution in [0.2, 0.25) is 0 Å². The molecule has 38 heavy (non-hydrogen) atoms. The number of hydrogen-bond donors (Lipinski definition) is 0. The monoisotopic (exact) mass is 526 g/mol. The van der Waals surface area contributed by atoms with Gasteiger partial charge in [0.25, 0.3) is 5.91 Å². The molecule has 0 bridgehead atoms. The van der Waals surface area contributed by atoms with Crippen LogP contribution in [0.25, 0.3) is 0 Å². The van der Waals surface area contributed by atoms with Gasteiger partial charge in [-0.25, -0.2) is 9.96 Å². The summed E-state index contributed by atoms with van der Waals surface area (Å²) >= 11 is 0. The largest absolute Gasteiger partial charge is 0.379 e. The minimum absolute atomic E-state index is 0.00218. The number of hydroxylamine groups is 1. The lowest BCUT2D eigenvalue weighted by Gasteiger charge is -2.29. The average Bonchev–Trinajstić information content (AvgIpc) is 3.46. The summed E-state index contributed by atoms with van der Waals surface area (Å²) in [7, 11) is -4.17. The quantitative estimate of drug-likeness (QED) is 0.270. The molecule has 0 N–H and O–H groups in total. The highest BCUT2D eigenvalue weighted by Gasteiger charge is 2.60. The summed E-state index contributed by atoms with van der Waals surface area (Å²) in [5.41, 5.74) is 1.46. The molecule has 0 saturated carbocycles. The minimum atomic E-state index is -4.17. The Bertz CT molecular complexity index is 1600. The van der Waals surface area contributed by atoms with Crippen molar-refractivity contribution in [3.8, 4) is 5.75 Å². The molecule has 190 valence electrons. The van der Waals surface area contributed by atoms with E-state index in [1.165, 1.54) is 23.3 Å². The first kappa shape index (κ1) is 23.9. The van der Waals surface area contributed by atoms with E-state index in [1.54, 1.807) is 78.9 Å². The van der Waals surface area contributed by atoms with Crippen molar-refractivity contribution in [3.05, 3.63) is 121 Å². The summed E-state index contributed by atoms with van der Waals surface area (Å²) in [6.07, 6.45) is -1.09. The zero-order chi connectivity index (χ0) is 26.3. The van der Waals surface area contributed by atoms with Crippen molar-refractivity contribution in [1.29, 1.82) is 0 Å². The average molecular weight is 527 g/mol. The number of hydrogen-bond acceptors (Lipinski definition) is 7. The van der Waals surface area contributed by atoms with Crippen LogP contribution in [0, 0.1) is 5.92 Å². The molecule has 2 aliphatic heterocycles. The molecule has 2 aliphatic rings. The van der Waals surface area contributed by atoms with Crippen LogP contribution in [0.1, 0.15) is 11.6 Å². The molecule has 2 amide bonds. The lowest BCUT2D eigenvalue weighted by Crippen LogP contribution is -2.37. The first-order chi connectivity index (χ1) is 18.5.